The molecule has 0 bridgehead atoms. The fourth-order valence-corrected chi connectivity index (χ4v) is 0.746. The highest BCUT2D eigenvalue weighted by atomic mass is 32.1. The normalized spacial score (nSPS) is 8.82. The Hall–Kier alpha value is -0.700. The Balaban J connectivity index is 3.51. The van der Waals surface area contributed by atoms with Gasteiger partial charge in [0.15, 0.2) is 5.05 Å². The van der Waals surface area contributed by atoms with Crippen LogP contribution in [0.4, 0.5) is 0 Å². The molecule has 0 saturated heterocycles. The zero-order valence-corrected chi connectivity index (χ0v) is 7.45. The molecular formula is C8H12O2S. The largest absolute Gasteiger partial charge is 0.490 e. The average molecular weight is 172 g/mol. The van der Waals surface area contributed by atoms with Gasteiger partial charge in [-0.3, -0.25) is 4.79 Å². The predicted octanol–water partition coefficient (Wildman–Crippen LogP) is 1.89. The maximum absolute atomic E-state index is 11.0. The predicted molar refractivity (Wildman–Crippen MR) is 48.7 cm³/mol. The van der Waals surface area contributed by atoms with Gasteiger partial charge in [-0.15, -0.1) is 6.58 Å². The van der Waals surface area contributed by atoms with Gasteiger partial charge in [0, 0.05) is 6.42 Å². The van der Waals surface area contributed by atoms with E-state index < -0.39 is 0 Å². The number of allylic oxidation sites excluding steroid dienone is 1. The lowest BCUT2D eigenvalue weighted by Crippen LogP contribution is -2.06. The molecule has 0 heterocycles. The van der Waals surface area contributed by atoms with Gasteiger partial charge in [0.05, 0.1) is 13.5 Å². The van der Waals surface area contributed by atoms with Crippen LogP contribution < -0.4 is 0 Å². The van der Waals surface area contributed by atoms with Crippen LogP contribution >= 0.6 is 12.2 Å². The molecular weight excluding hydrogens is 160 g/mol. The molecule has 0 aromatic heterocycles. The molecule has 0 aromatic carbocycles. The summed E-state index contributed by atoms with van der Waals surface area (Å²) in [6.45, 7) is 3.52. The first-order chi connectivity index (χ1) is 5.20. The van der Waals surface area contributed by atoms with Crippen LogP contribution in [0.5, 0.6) is 0 Å². The second-order valence-electron chi connectivity index (χ2n) is 2.12. The molecule has 0 unspecified atom stereocenters. The van der Waals surface area contributed by atoms with Crippen molar-refractivity contribution in [2.45, 2.75) is 19.3 Å². The van der Waals surface area contributed by atoms with E-state index in [4.69, 9.17) is 12.2 Å². The summed E-state index contributed by atoms with van der Waals surface area (Å²) in [5.74, 6) is 0.108. The molecule has 0 rings (SSSR count). The first-order valence-electron chi connectivity index (χ1n) is 3.40. The molecule has 2 nitrogen and oxygen atoms in total. The summed E-state index contributed by atoms with van der Waals surface area (Å²) >= 11 is 4.71. The van der Waals surface area contributed by atoms with Crippen LogP contribution in [0, 0.1) is 0 Å². The van der Waals surface area contributed by atoms with E-state index in [1.807, 2.05) is 0 Å². The molecule has 0 aliphatic heterocycles. The number of rotatable bonds is 5. The molecule has 0 saturated carbocycles. The van der Waals surface area contributed by atoms with Gasteiger partial charge in [-0.05, 0) is 18.6 Å². The minimum atomic E-state index is 0.108. The molecule has 0 amide bonds. The second-order valence-corrected chi connectivity index (χ2v) is 2.57. The quantitative estimate of drug-likeness (QED) is 0.468. The van der Waals surface area contributed by atoms with Crippen molar-refractivity contribution in [2.24, 2.45) is 0 Å². The molecule has 11 heavy (non-hydrogen) atoms. The number of methoxy groups -OCH3 is 1. The van der Waals surface area contributed by atoms with Crippen molar-refractivity contribution in [3.63, 3.8) is 0 Å². The van der Waals surface area contributed by atoms with Crippen molar-refractivity contribution < 1.29 is 9.53 Å². The van der Waals surface area contributed by atoms with Crippen LogP contribution in [0.1, 0.15) is 19.3 Å². The van der Waals surface area contributed by atoms with Crippen LogP contribution in [-0.2, 0) is 9.53 Å². The smallest absolute Gasteiger partial charge is 0.166 e. The summed E-state index contributed by atoms with van der Waals surface area (Å²) in [5.41, 5.74) is 0. The number of hydrogen-bond acceptors (Lipinski definition) is 3. The van der Waals surface area contributed by atoms with Crippen molar-refractivity contribution in [3.8, 4) is 0 Å². The molecule has 0 fully saturated rings. The SMILES string of the molecule is C=CCCC(=O)CC(=S)OC. The fraction of sp³-hybridized carbons (Fsp3) is 0.500. The average Bonchev–Trinajstić information content (AvgIpc) is 2.00. The summed E-state index contributed by atoms with van der Waals surface area (Å²) < 4.78 is 4.69. The van der Waals surface area contributed by atoms with Gasteiger partial charge in [-0.2, -0.15) is 0 Å². The highest BCUT2D eigenvalue weighted by Crippen LogP contribution is 1.98. The summed E-state index contributed by atoms with van der Waals surface area (Å²) in [6.07, 6.45) is 3.19. The molecule has 0 aliphatic rings. The molecule has 0 aliphatic carbocycles. The van der Waals surface area contributed by atoms with Crippen molar-refractivity contribution in [1.29, 1.82) is 0 Å². The fourth-order valence-electron chi connectivity index (χ4n) is 0.585. The first kappa shape index (κ1) is 10.3. The number of Topliss-reactive ketones (excluding diaryl/α,β-unsaturated/α-hetero) is 1. The lowest BCUT2D eigenvalue weighted by Gasteiger charge is -1.99. The van der Waals surface area contributed by atoms with Gasteiger partial charge >= 0.3 is 0 Å². The van der Waals surface area contributed by atoms with Crippen LogP contribution in [0.25, 0.3) is 0 Å². The number of ether oxygens (including phenoxy) is 1. The number of carbonyl (C=O) groups is 1. The molecule has 0 spiro atoms. The molecule has 0 N–H and O–H groups in total. The molecule has 62 valence electrons. The minimum Gasteiger partial charge on any atom is -0.490 e. The molecule has 0 radical (unpaired) electrons. The van der Waals surface area contributed by atoms with Crippen LogP contribution in [0.15, 0.2) is 12.7 Å². The van der Waals surface area contributed by atoms with E-state index in [0.29, 0.717) is 17.9 Å². The lowest BCUT2D eigenvalue weighted by molar-refractivity contribution is -0.118. The van der Waals surface area contributed by atoms with Crippen LogP contribution in [0.3, 0.4) is 0 Å². The van der Waals surface area contributed by atoms with Gasteiger partial charge in [-0.25, -0.2) is 0 Å². The molecule has 3 heteroatoms. The van der Waals surface area contributed by atoms with E-state index in [1.54, 1.807) is 6.08 Å². The number of hydrogen-bond donors (Lipinski definition) is 0. The Morgan fingerprint density at radius 1 is 1.73 bits per heavy atom. The van der Waals surface area contributed by atoms with Crippen molar-refractivity contribution in [3.05, 3.63) is 12.7 Å². The number of thiocarbonyl (C=S) groups is 1. The van der Waals surface area contributed by atoms with Crippen molar-refractivity contribution in [1.82, 2.24) is 0 Å². The molecule has 0 aromatic rings. The maximum Gasteiger partial charge on any atom is 0.166 e. The first-order valence-corrected chi connectivity index (χ1v) is 3.81. The Morgan fingerprint density at radius 3 is 2.82 bits per heavy atom. The van der Waals surface area contributed by atoms with Gasteiger partial charge in [-0.1, -0.05) is 6.08 Å². The van der Waals surface area contributed by atoms with Gasteiger partial charge in [0.2, 0.25) is 0 Å². The topological polar surface area (TPSA) is 26.3 Å². The summed E-state index contributed by atoms with van der Waals surface area (Å²) in [5, 5.41) is 0.360. The third-order valence-electron chi connectivity index (χ3n) is 1.20. The van der Waals surface area contributed by atoms with Crippen molar-refractivity contribution in [2.75, 3.05) is 7.11 Å². The van der Waals surface area contributed by atoms with Crippen molar-refractivity contribution >= 4 is 23.1 Å². The second kappa shape index (κ2) is 6.04. The zero-order chi connectivity index (χ0) is 8.69. The lowest BCUT2D eigenvalue weighted by atomic mass is 10.2. The third-order valence-corrected chi connectivity index (χ3v) is 1.51. The minimum absolute atomic E-state index is 0.108. The monoisotopic (exact) mass is 172 g/mol. The third kappa shape index (κ3) is 5.73. The van der Waals surface area contributed by atoms with E-state index >= 15 is 0 Å². The van der Waals surface area contributed by atoms with Gasteiger partial charge in [0.1, 0.15) is 5.78 Å². The summed E-state index contributed by atoms with van der Waals surface area (Å²) in [7, 11) is 1.48. The number of carbonyl (C=O) groups excluding carboxylic acids is 1. The van der Waals surface area contributed by atoms with E-state index in [2.05, 4.69) is 11.3 Å². The maximum atomic E-state index is 11.0. The number of ketones is 1. The molecule has 0 atom stereocenters. The standard InChI is InChI=1S/C8H12O2S/c1-3-4-5-7(9)6-8(11)10-2/h3H,1,4-6H2,2H3. The summed E-state index contributed by atoms with van der Waals surface area (Å²) in [6, 6.07) is 0. The van der Waals surface area contributed by atoms with E-state index in [0.717, 1.165) is 0 Å². The Kier molecular flexibility index (Phi) is 5.65. The Labute approximate surface area is 72.2 Å². The van der Waals surface area contributed by atoms with E-state index in [-0.39, 0.29) is 12.2 Å². The Morgan fingerprint density at radius 2 is 2.36 bits per heavy atom. The van der Waals surface area contributed by atoms with Crippen LogP contribution in [0.2, 0.25) is 0 Å². The Bertz CT molecular complexity index is 163. The highest BCUT2D eigenvalue weighted by molar-refractivity contribution is 7.80. The van der Waals surface area contributed by atoms with Gasteiger partial charge < -0.3 is 4.74 Å². The van der Waals surface area contributed by atoms with Crippen LogP contribution in [-0.4, -0.2) is 17.9 Å². The van der Waals surface area contributed by atoms with E-state index in [9.17, 15) is 4.79 Å². The van der Waals surface area contributed by atoms with Gasteiger partial charge in [0.25, 0.3) is 0 Å². The summed E-state index contributed by atoms with van der Waals surface area (Å²) in [4.78, 5) is 11.0. The van der Waals surface area contributed by atoms with E-state index in [1.165, 1.54) is 7.11 Å². The zero-order valence-electron chi connectivity index (χ0n) is 6.63. The highest BCUT2D eigenvalue weighted by Gasteiger charge is 2.03.